The average molecular weight is 406 g/mol. The van der Waals surface area contributed by atoms with E-state index in [9.17, 15) is 0 Å². The topological polar surface area (TPSA) is 12.5 Å². The summed E-state index contributed by atoms with van der Waals surface area (Å²) in [7, 11) is 1.69. The number of hydrogen-bond donors (Lipinski definition) is 0. The summed E-state index contributed by atoms with van der Waals surface area (Å²) in [4.78, 5) is 2.29. The zero-order chi connectivity index (χ0) is 21.6. The van der Waals surface area contributed by atoms with Crippen molar-refractivity contribution in [3.05, 3.63) is 119 Å². The molecule has 0 bridgehead atoms. The van der Waals surface area contributed by atoms with Gasteiger partial charge < -0.3 is 9.64 Å². The van der Waals surface area contributed by atoms with Crippen molar-refractivity contribution in [2.24, 2.45) is 0 Å². The van der Waals surface area contributed by atoms with Crippen molar-refractivity contribution in [2.45, 2.75) is 13.8 Å². The Morgan fingerprint density at radius 2 is 1.06 bits per heavy atom. The summed E-state index contributed by atoms with van der Waals surface area (Å²) in [5, 5.41) is 0. The Morgan fingerprint density at radius 3 is 1.58 bits per heavy atom. The van der Waals surface area contributed by atoms with E-state index in [1.807, 2.05) is 18.2 Å². The van der Waals surface area contributed by atoms with Gasteiger partial charge >= 0.3 is 0 Å². The molecule has 0 heterocycles. The maximum absolute atomic E-state index is 5.31. The van der Waals surface area contributed by atoms with Gasteiger partial charge in [0.05, 0.1) is 7.11 Å². The van der Waals surface area contributed by atoms with E-state index in [4.69, 9.17) is 4.74 Å². The Balaban J connectivity index is 1.63. The molecule has 2 heteroatoms. The smallest absolute Gasteiger partial charge is 0.119 e. The minimum atomic E-state index is 0.865. The van der Waals surface area contributed by atoms with Crippen LogP contribution in [0.4, 0.5) is 17.1 Å². The van der Waals surface area contributed by atoms with Crippen molar-refractivity contribution in [3.8, 4) is 5.75 Å². The quantitative estimate of drug-likeness (QED) is 0.302. The van der Waals surface area contributed by atoms with Crippen molar-refractivity contribution in [1.29, 1.82) is 0 Å². The lowest BCUT2D eigenvalue weighted by atomic mass is 10.1. The van der Waals surface area contributed by atoms with Crippen LogP contribution >= 0.6 is 0 Å². The summed E-state index contributed by atoms with van der Waals surface area (Å²) in [5.74, 6) is 0.865. The van der Waals surface area contributed by atoms with Crippen LogP contribution in [0.3, 0.4) is 0 Å². The standard InChI is InChI=1S/C29H27NO/c1-22-7-15-26(16-8-22)30(27-17-9-23(2)10-18-27)28-19-13-24(14-20-28)11-12-25-5-4-6-29(21-25)31-3/h4-21H,1-3H3/b12-11+. The van der Waals surface area contributed by atoms with Gasteiger partial charge in [0.15, 0.2) is 0 Å². The highest BCUT2D eigenvalue weighted by Gasteiger charge is 2.12. The molecule has 0 amide bonds. The maximum Gasteiger partial charge on any atom is 0.119 e. The molecule has 2 nitrogen and oxygen atoms in total. The number of nitrogens with zero attached hydrogens (tertiary/aromatic N) is 1. The lowest BCUT2D eigenvalue weighted by Gasteiger charge is -2.25. The van der Waals surface area contributed by atoms with Gasteiger partial charge in [0.2, 0.25) is 0 Å². The van der Waals surface area contributed by atoms with Crippen LogP contribution in [0.1, 0.15) is 22.3 Å². The Kier molecular flexibility index (Phi) is 6.18. The number of aryl methyl sites for hydroxylation is 2. The molecule has 0 saturated carbocycles. The first-order chi connectivity index (χ1) is 15.1. The van der Waals surface area contributed by atoms with Gasteiger partial charge in [-0.1, -0.05) is 71.8 Å². The second kappa shape index (κ2) is 9.36. The number of benzene rings is 4. The third-order valence-corrected chi connectivity index (χ3v) is 5.30. The summed E-state index contributed by atoms with van der Waals surface area (Å²) in [6.45, 7) is 4.23. The fraction of sp³-hybridized carbons (Fsp3) is 0.103. The first-order valence-electron chi connectivity index (χ1n) is 10.5. The molecule has 0 aliphatic heterocycles. The third kappa shape index (κ3) is 5.04. The average Bonchev–Trinajstić information content (AvgIpc) is 2.81. The minimum absolute atomic E-state index is 0.865. The Hall–Kier alpha value is -3.78. The molecule has 0 aliphatic carbocycles. The summed E-state index contributed by atoms with van der Waals surface area (Å²) in [6.07, 6.45) is 4.23. The van der Waals surface area contributed by atoms with Crippen LogP contribution in [0.5, 0.6) is 5.75 Å². The number of anilines is 3. The van der Waals surface area contributed by atoms with E-state index in [-0.39, 0.29) is 0 Å². The van der Waals surface area contributed by atoms with E-state index in [1.54, 1.807) is 7.11 Å². The van der Waals surface area contributed by atoms with Gasteiger partial charge in [-0.05, 0) is 73.5 Å². The second-order valence-corrected chi connectivity index (χ2v) is 7.71. The molecule has 31 heavy (non-hydrogen) atoms. The zero-order valence-corrected chi connectivity index (χ0v) is 18.2. The van der Waals surface area contributed by atoms with Gasteiger partial charge in [0.1, 0.15) is 5.75 Å². The Bertz CT molecular complexity index is 1110. The van der Waals surface area contributed by atoms with Crippen molar-refractivity contribution < 1.29 is 4.74 Å². The van der Waals surface area contributed by atoms with Crippen LogP contribution in [-0.2, 0) is 0 Å². The summed E-state index contributed by atoms with van der Waals surface area (Å²) in [5.41, 5.74) is 8.20. The van der Waals surface area contributed by atoms with Gasteiger partial charge in [0, 0.05) is 17.1 Å². The SMILES string of the molecule is COc1cccc(/C=C/c2ccc(N(c3ccc(C)cc3)c3ccc(C)cc3)cc2)c1. The minimum Gasteiger partial charge on any atom is -0.497 e. The molecule has 0 unspecified atom stereocenters. The fourth-order valence-electron chi connectivity index (χ4n) is 3.51. The van der Waals surface area contributed by atoms with Crippen LogP contribution in [0.25, 0.3) is 12.2 Å². The molecule has 4 aromatic carbocycles. The fourth-order valence-corrected chi connectivity index (χ4v) is 3.51. The van der Waals surface area contributed by atoms with Crippen LogP contribution < -0.4 is 9.64 Å². The Morgan fingerprint density at radius 1 is 0.581 bits per heavy atom. The molecule has 0 saturated heterocycles. The van der Waals surface area contributed by atoms with Gasteiger partial charge in [-0.2, -0.15) is 0 Å². The van der Waals surface area contributed by atoms with Crippen molar-refractivity contribution >= 4 is 29.2 Å². The Labute approximate surface area is 185 Å². The van der Waals surface area contributed by atoms with E-state index in [1.165, 1.54) is 11.1 Å². The molecule has 0 fully saturated rings. The second-order valence-electron chi connectivity index (χ2n) is 7.71. The van der Waals surface area contributed by atoms with Crippen molar-refractivity contribution in [3.63, 3.8) is 0 Å². The van der Waals surface area contributed by atoms with Gasteiger partial charge in [-0.25, -0.2) is 0 Å². The zero-order valence-electron chi connectivity index (χ0n) is 18.2. The monoisotopic (exact) mass is 405 g/mol. The van der Waals surface area contributed by atoms with Gasteiger partial charge in [-0.3, -0.25) is 0 Å². The number of rotatable bonds is 6. The molecule has 0 spiro atoms. The lowest BCUT2D eigenvalue weighted by Crippen LogP contribution is -2.09. The van der Waals surface area contributed by atoms with Crippen LogP contribution in [0, 0.1) is 13.8 Å². The lowest BCUT2D eigenvalue weighted by molar-refractivity contribution is 0.414. The predicted octanol–water partition coefficient (Wildman–Crippen LogP) is 7.95. The molecular weight excluding hydrogens is 378 g/mol. The first-order valence-corrected chi connectivity index (χ1v) is 10.5. The molecule has 4 aromatic rings. The highest BCUT2D eigenvalue weighted by molar-refractivity contribution is 5.78. The molecule has 0 atom stereocenters. The molecule has 154 valence electrons. The molecule has 0 N–H and O–H groups in total. The first kappa shape index (κ1) is 20.5. The highest BCUT2D eigenvalue weighted by Crippen LogP contribution is 2.34. The molecular formula is C29H27NO. The van der Waals surface area contributed by atoms with Gasteiger partial charge in [-0.15, -0.1) is 0 Å². The third-order valence-electron chi connectivity index (χ3n) is 5.30. The van der Waals surface area contributed by atoms with Crippen LogP contribution in [0.2, 0.25) is 0 Å². The molecule has 0 aromatic heterocycles. The number of ether oxygens (including phenoxy) is 1. The normalized spacial score (nSPS) is 10.9. The molecule has 4 rings (SSSR count). The van der Waals surface area contributed by atoms with E-state index < -0.39 is 0 Å². The number of methoxy groups -OCH3 is 1. The van der Waals surface area contributed by atoms with Crippen LogP contribution in [-0.4, -0.2) is 7.11 Å². The highest BCUT2D eigenvalue weighted by atomic mass is 16.5. The largest absolute Gasteiger partial charge is 0.497 e. The predicted molar refractivity (Wildman–Crippen MR) is 133 cm³/mol. The summed E-state index contributed by atoms with van der Waals surface area (Å²) >= 11 is 0. The van der Waals surface area contributed by atoms with E-state index in [0.29, 0.717) is 0 Å². The molecule has 0 radical (unpaired) electrons. The van der Waals surface area contributed by atoms with Crippen molar-refractivity contribution in [2.75, 3.05) is 12.0 Å². The van der Waals surface area contributed by atoms with E-state index >= 15 is 0 Å². The number of hydrogen-bond acceptors (Lipinski definition) is 2. The molecule has 0 aliphatic rings. The van der Waals surface area contributed by atoms with Gasteiger partial charge in [0.25, 0.3) is 0 Å². The van der Waals surface area contributed by atoms with Crippen LogP contribution in [0.15, 0.2) is 97.1 Å². The van der Waals surface area contributed by atoms with Crippen molar-refractivity contribution in [1.82, 2.24) is 0 Å². The van der Waals surface area contributed by atoms with E-state index in [0.717, 1.165) is 33.9 Å². The summed E-state index contributed by atoms with van der Waals surface area (Å²) in [6, 6.07) is 34.0. The maximum atomic E-state index is 5.31. The summed E-state index contributed by atoms with van der Waals surface area (Å²) < 4.78 is 5.31. The van der Waals surface area contributed by atoms with E-state index in [2.05, 4.69) is 110 Å².